The SMILES string of the molecule is CC(C)(C)OC(=O)[C@H](CCCCN)NC(=O)CN1C(=O)C=CC1=O.O=C(O)C(F)(F)F. The minimum Gasteiger partial charge on any atom is -0.475 e. The maximum absolute atomic E-state index is 12.2. The Morgan fingerprint density at radius 3 is 2.00 bits per heavy atom. The van der Waals surface area contributed by atoms with E-state index in [-0.39, 0.29) is 0 Å². The molecule has 0 bridgehead atoms. The predicted molar refractivity (Wildman–Crippen MR) is 100 cm³/mol. The van der Waals surface area contributed by atoms with E-state index in [4.69, 9.17) is 20.4 Å². The Bertz CT molecular complexity index is 697. The minimum absolute atomic E-state index is 0.373. The molecule has 0 spiro atoms. The van der Waals surface area contributed by atoms with Gasteiger partial charge in [-0.25, -0.2) is 9.59 Å². The molecule has 0 fully saturated rings. The van der Waals surface area contributed by atoms with Crippen LogP contribution in [0.25, 0.3) is 0 Å². The van der Waals surface area contributed by atoms with Gasteiger partial charge in [0.2, 0.25) is 5.91 Å². The Hall–Kier alpha value is -2.96. The highest BCUT2D eigenvalue weighted by Crippen LogP contribution is 2.13. The molecule has 1 atom stereocenters. The molecule has 13 heteroatoms. The van der Waals surface area contributed by atoms with Gasteiger partial charge in [-0.2, -0.15) is 13.2 Å². The summed E-state index contributed by atoms with van der Waals surface area (Å²) in [5, 5.41) is 9.66. The topological polar surface area (TPSA) is 156 Å². The molecule has 3 amide bonds. The summed E-state index contributed by atoms with van der Waals surface area (Å²) >= 11 is 0. The number of hydrogen-bond donors (Lipinski definition) is 3. The average molecular weight is 453 g/mol. The largest absolute Gasteiger partial charge is 0.490 e. The van der Waals surface area contributed by atoms with Crippen LogP contribution in [0.5, 0.6) is 0 Å². The number of carbonyl (C=O) groups is 5. The number of nitrogens with two attached hydrogens (primary N) is 1. The van der Waals surface area contributed by atoms with Crippen molar-refractivity contribution in [3.05, 3.63) is 12.2 Å². The second kappa shape index (κ2) is 12.0. The van der Waals surface area contributed by atoms with Crippen molar-refractivity contribution in [2.45, 2.75) is 57.9 Å². The number of unbranched alkanes of at least 4 members (excludes halogenated alkanes) is 1. The predicted octanol–water partition coefficient (Wildman–Crippen LogP) is 0.500. The van der Waals surface area contributed by atoms with Gasteiger partial charge in [0, 0.05) is 12.2 Å². The first-order valence-electron chi connectivity index (χ1n) is 9.14. The highest BCUT2D eigenvalue weighted by molar-refractivity contribution is 6.14. The van der Waals surface area contributed by atoms with E-state index in [0.29, 0.717) is 25.8 Å². The Kier molecular flexibility index (Phi) is 10.9. The lowest BCUT2D eigenvalue weighted by atomic mass is 10.1. The smallest absolute Gasteiger partial charge is 0.475 e. The fraction of sp³-hybridized carbons (Fsp3) is 0.611. The number of carbonyl (C=O) groups excluding carboxylic acids is 4. The van der Waals surface area contributed by atoms with Crippen LogP contribution < -0.4 is 11.1 Å². The van der Waals surface area contributed by atoms with E-state index in [1.807, 2.05) is 0 Å². The van der Waals surface area contributed by atoms with Gasteiger partial charge in [0.05, 0.1) is 0 Å². The van der Waals surface area contributed by atoms with Crippen molar-refractivity contribution in [3.8, 4) is 0 Å². The van der Waals surface area contributed by atoms with Crippen molar-refractivity contribution < 1.29 is 47.0 Å². The molecule has 1 aliphatic rings. The highest BCUT2D eigenvalue weighted by atomic mass is 19.4. The summed E-state index contributed by atoms with van der Waals surface area (Å²) in [4.78, 5) is 57.0. The van der Waals surface area contributed by atoms with Crippen molar-refractivity contribution in [1.82, 2.24) is 10.2 Å². The van der Waals surface area contributed by atoms with Crippen LogP contribution in [-0.2, 0) is 28.7 Å². The fourth-order valence-corrected chi connectivity index (χ4v) is 2.09. The van der Waals surface area contributed by atoms with Crippen LogP contribution in [0.2, 0.25) is 0 Å². The molecule has 0 unspecified atom stereocenters. The third-order valence-corrected chi connectivity index (χ3v) is 3.42. The summed E-state index contributed by atoms with van der Waals surface area (Å²) < 4.78 is 37.0. The maximum atomic E-state index is 12.2. The molecular formula is C18H26F3N3O7. The summed E-state index contributed by atoms with van der Waals surface area (Å²) in [6, 6.07) is -0.843. The van der Waals surface area contributed by atoms with Crippen LogP contribution in [0.15, 0.2) is 12.2 Å². The summed E-state index contributed by atoms with van der Waals surface area (Å²) in [6.07, 6.45) is -1.16. The monoisotopic (exact) mass is 453 g/mol. The highest BCUT2D eigenvalue weighted by Gasteiger charge is 2.38. The second-order valence-corrected chi connectivity index (χ2v) is 7.34. The van der Waals surface area contributed by atoms with Crippen LogP contribution in [0.1, 0.15) is 40.0 Å². The van der Waals surface area contributed by atoms with E-state index < -0.39 is 54.0 Å². The normalized spacial score (nSPS) is 14.6. The quantitative estimate of drug-likeness (QED) is 0.273. The van der Waals surface area contributed by atoms with Crippen molar-refractivity contribution >= 4 is 29.7 Å². The number of imide groups is 1. The zero-order valence-electron chi connectivity index (χ0n) is 17.3. The number of hydrogen-bond acceptors (Lipinski definition) is 7. The van der Waals surface area contributed by atoms with Gasteiger partial charge < -0.3 is 20.9 Å². The van der Waals surface area contributed by atoms with Crippen molar-refractivity contribution in [3.63, 3.8) is 0 Å². The van der Waals surface area contributed by atoms with E-state index in [1.54, 1.807) is 20.8 Å². The molecule has 176 valence electrons. The van der Waals surface area contributed by atoms with Crippen LogP contribution in [0.3, 0.4) is 0 Å². The summed E-state index contributed by atoms with van der Waals surface area (Å²) in [7, 11) is 0. The minimum atomic E-state index is -5.08. The summed E-state index contributed by atoms with van der Waals surface area (Å²) in [5.41, 5.74) is 4.76. The molecule has 0 aliphatic carbocycles. The molecule has 0 saturated heterocycles. The lowest BCUT2D eigenvalue weighted by Crippen LogP contribution is -2.48. The molecule has 31 heavy (non-hydrogen) atoms. The lowest BCUT2D eigenvalue weighted by Gasteiger charge is -2.25. The Balaban J connectivity index is 0.00000110. The van der Waals surface area contributed by atoms with Gasteiger partial charge in [0.1, 0.15) is 18.2 Å². The van der Waals surface area contributed by atoms with Gasteiger partial charge in [-0.15, -0.1) is 0 Å². The maximum Gasteiger partial charge on any atom is 0.490 e. The first kappa shape index (κ1) is 28.0. The lowest BCUT2D eigenvalue weighted by molar-refractivity contribution is -0.192. The number of aliphatic carboxylic acids is 1. The molecule has 10 nitrogen and oxygen atoms in total. The summed E-state index contributed by atoms with van der Waals surface area (Å²) in [6.45, 7) is 5.25. The van der Waals surface area contributed by atoms with Crippen molar-refractivity contribution in [2.24, 2.45) is 5.73 Å². The zero-order chi connectivity index (χ0) is 24.4. The van der Waals surface area contributed by atoms with E-state index in [1.165, 1.54) is 0 Å². The number of nitrogens with one attached hydrogen (secondary N) is 1. The summed E-state index contributed by atoms with van der Waals surface area (Å²) in [5.74, 6) is -5.00. The van der Waals surface area contributed by atoms with Gasteiger partial charge in [-0.1, -0.05) is 0 Å². The number of nitrogens with zero attached hydrogens (tertiary/aromatic N) is 1. The van der Waals surface area contributed by atoms with Crippen LogP contribution in [0, 0.1) is 0 Å². The first-order valence-corrected chi connectivity index (χ1v) is 9.14. The molecule has 0 radical (unpaired) electrons. The van der Waals surface area contributed by atoms with Crippen molar-refractivity contribution in [1.29, 1.82) is 0 Å². The number of alkyl halides is 3. The number of halogens is 3. The van der Waals surface area contributed by atoms with Gasteiger partial charge in [0.25, 0.3) is 11.8 Å². The molecule has 1 rings (SSSR count). The van der Waals surface area contributed by atoms with E-state index >= 15 is 0 Å². The van der Waals surface area contributed by atoms with Crippen LogP contribution in [0.4, 0.5) is 13.2 Å². The van der Waals surface area contributed by atoms with Crippen molar-refractivity contribution in [2.75, 3.05) is 13.1 Å². The third kappa shape index (κ3) is 11.7. The van der Waals surface area contributed by atoms with Gasteiger partial charge in [-0.3, -0.25) is 19.3 Å². The molecule has 0 aromatic rings. The average Bonchev–Trinajstić information content (AvgIpc) is 2.91. The zero-order valence-corrected chi connectivity index (χ0v) is 17.3. The number of ether oxygens (including phenoxy) is 1. The molecule has 0 aromatic carbocycles. The Labute approximate surface area is 176 Å². The number of rotatable bonds is 8. The number of esters is 1. The Morgan fingerprint density at radius 2 is 1.61 bits per heavy atom. The first-order chi connectivity index (χ1) is 14.1. The standard InChI is InChI=1S/C16H25N3O5.C2HF3O2/c1-16(2,3)24-15(23)11(6-4-5-9-17)18-12(20)10-19-13(21)7-8-14(19)22;3-2(4,5)1(6)7/h7-8,11H,4-6,9-10,17H2,1-3H3,(H,18,20);(H,6,7)/t11-;/m0./s1. The molecule has 0 aromatic heterocycles. The number of carboxylic acids is 1. The number of amides is 3. The van der Waals surface area contributed by atoms with Gasteiger partial charge >= 0.3 is 18.1 Å². The third-order valence-electron chi connectivity index (χ3n) is 3.42. The Morgan fingerprint density at radius 1 is 1.13 bits per heavy atom. The van der Waals surface area contributed by atoms with Crippen LogP contribution >= 0.6 is 0 Å². The molecule has 4 N–H and O–H groups in total. The van der Waals surface area contributed by atoms with Crippen LogP contribution in [-0.4, -0.2) is 70.6 Å². The van der Waals surface area contributed by atoms with Gasteiger partial charge in [-0.05, 0) is 46.6 Å². The van der Waals surface area contributed by atoms with E-state index in [9.17, 15) is 32.3 Å². The number of carboxylic acid groups (broad SMARTS) is 1. The van der Waals surface area contributed by atoms with Gasteiger partial charge in [0.15, 0.2) is 0 Å². The van der Waals surface area contributed by atoms with E-state index in [2.05, 4.69) is 5.32 Å². The molecule has 1 heterocycles. The molecule has 0 saturated carbocycles. The van der Waals surface area contributed by atoms with E-state index in [0.717, 1.165) is 17.1 Å². The molecular weight excluding hydrogens is 427 g/mol. The fourth-order valence-electron chi connectivity index (χ4n) is 2.09. The molecule has 1 aliphatic heterocycles. The second-order valence-electron chi connectivity index (χ2n) is 7.34.